The number of H-pyrrole nitrogens is 6. The largest absolute Gasteiger partial charge is 0.382 e. The summed E-state index contributed by atoms with van der Waals surface area (Å²) < 4.78 is 0. The molecule has 0 saturated carbocycles. The number of nitrogens with one attached hydrogen (secondary N) is 6. The van der Waals surface area contributed by atoms with Crippen LogP contribution in [0.2, 0.25) is 0 Å². The van der Waals surface area contributed by atoms with Crippen LogP contribution >= 0.6 is 0 Å². The lowest BCUT2D eigenvalue weighted by molar-refractivity contribution is 1.07. The van der Waals surface area contributed by atoms with E-state index >= 15 is 0 Å². The van der Waals surface area contributed by atoms with Gasteiger partial charge in [0.2, 0.25) is 0 Å². The minimum Gasteiger partial charge on any atom is -0.382 e. The van der Waals surface area contributed by atoms with E-state index in [1.165, 1.54) is 31.6 Å². The average Bonchev–Trinajstić information content (AvgIpc) is 3.50. The zero-order valence-corrected chi connectivity index (χ0v) is 15.4. The summed E-state index contributed by atoms with van der Waals surface area (Å²) in [6, 6.07) is 0. The van der Waals surface area contributed by atoms with Crippen LogP contribution in [-0.4, -0.2) is 59.8 Å². The van der Waals surface area contributed by atoms with Gasteiger partial charge in [0.05, 0.1) is 25.3 Å². The monoisotopic (exact) mass is 423 g/mol. The molecule has 8 N–H and O–H groups in total. The molecule has 31 heavy (non-hydrogen) atoms. The second kappa shape index (κ2) is 8.07. The quantitative estimate of drug-likeness (QED) is 0.149. The summed E-state index contributed by atoms with van der Waals surface area (Å²) in [7, 11) is 0. The van der Waals surface area contributed by atoms with Crippen molar-refractivity contribution in [3.05, 3.63) is 62.8 Å². The minimum atomic E-state index is -0.547. The molecular weight excluding hydrogens is 410 g/mol. The van der Waals surface area contributed by atoms with E-state index in [9.17, 15) is 14.4 Å². The molecule has 0 spiro atoms. The number of hydrogen-bond donors (Lipinski definition) is 7. The molecule has 0 amide bonds. The Hall–Kier alpha value is -5.15. The van der Waals surface area contributed by atoms with Gasteiger partial charge in [-0.25, -0.2) is 34.7 Å². The molecule has 0 aliphatic carbocycles. The zero-order chi connectivity index (χ0) is 21.8. The third-order valence-electron chi connectivity index (χ3n) is 3.81. The lowest BCUT2D eigenvalue weighted by Crippen LogP contribution is -2.21. The lowest BCUT2D eigenvalue weighted by atomic mass is 10.5. The standard InChI is InChI=1S/C5H5N5.C5H4N4O2.C5H4N4O/c6-4-3-5(9-1-7-3)10-2-8-4;10-4-2-3(7-1-6-2)8-5(11)9-4;10-5-3-4(7-1-6-3)8-2-9-5/h1-2H,(H3,6,7,8,9,10);1H,(H3,6,7,8,9,10,11);1-2H,(H2,6,7,8,9,10). The Morgan fingerprint density at radius 1 is 0.613 bits per heavy atom. The molecule has 16 heteroatoms. The van der Waals surface area contributed by atoms with Crippen molar-refractivity contribution in [3.8, 4) is 0 Å². The van der Waals surface area contributed by atoms with Crippen LogP contribution < -0.4 is 22.5 Å². The first-order valence-electron chi connectivity index (χ1n) is 8.45. The van der Waals surface area contributed by atoms with Crippen molar-refractivity contribution in [2.75, 3.05) is 5.73 Å². The summed E-state index contributed by atoms with van der Waals surface area (Å²) in [4.78, 5) is 70.2. The molecule has 6 rings (SSSR count). The first-order valence-corrected chi connectivity index (χ1v) is 8.45. The molecule has 6 aromatic heterocycles. The van der Waals surface area contributed by atoms with Crippen molar-refractivity contribution >= 4 is 39.3 Å². The Balaban J connectivity index is 0.000000112. The molecule has 6 heterocycles. The Kier molecular flexibility index (Phi) is 4.99. The highest BCUT2D eigenvalue weighted by Gasteiger charge is 2.00. The predicted molar refractivity (Wildman–Crippen MR) is 108 cm³/mol. The maximum atomic E-state index is 10.9. The van der Waals surface area contributed by atoms with Crippen molar-refractivity contribution in [2.24, 2.45) is 0 Å². The molecule has 0 unspecified atom stereocenters. The van der Waals surface area contributed by atoms with Crippen LogP contribution in [0.5, 0.6) is 0 Å². The molecule has 6 aromatic rings. The Morgan fingerprint density at radius 3 is 1.94 bits per heavy atom. The smallest absolute Gasteiger partial charge is 0.327 e. The fourth-order valence-electron chi connectivity index (χ4n) is 2.43. The summed E-state index contributed by atoms with van der Waals surface area (Å²) in [5, 5.41) is 0. The third kappa shape index (κ3) is 4.01. The highest BCUT2D eigenvalue weighted by atomic mass is 16.2. The van der Waals surface area contributed by atoms with Gasteiger partial charge in [0.25, 0.3) is 11.1 Å². The van der Waals surface area contributed by atoms with Gasteiger partial charge in [0.15, 0.2) is 28.3 Å². The van der Waals surface area contributed by atoms with Crippen molar-refractivity contribution in [1.29, 1.82) is 0 Å². The van der Waals surface area contributed by atoms with E-state index in [1.807, 2.05) is 0 Å². The molecule has 0 aliphatic heterocycles. The van der Waals surface area contributed by atoms with Gasteiger partial charge in [-0.05, 0) is 0 Å². The number of imidazole rings is 3. The molecule has 0 bridgehead atoms. The summed E-state index contributed by atoms with van der Waals surface area (Å²) in [5.41, 5.74) is 7.01. The second-order valence-corrected chi connectivity index (χ2v) is 5.73. The number of nitrogen functional groups attached to an aromatic ring is 1. The van der Waals surface area contributed by atoms with Crippen LogP contribution in [-0.2, 0) is 0 Å². The van der Waals surface area contributed by atoms with Crippen LogP contribution in [0.25, 0.3) is 33.5 Å². The fraction of sp³-hybridized carbons (Fsp3) is 0. The first-order chi connectivity index (χ1) is 15.0. The highest BCUT2D eigenvalue weighted by molar-refractivity contribution is 5.80. The van der Waals surface area contributed by atoms with Crippen molar-refractivity contribution in [1.82, 2.24) is 59.8 Å². The fourth-order valence-corrected chi connectivity index (χ4v) is 2.43. The number of fused-ring (bicyclic) bond motifs is 3. The number of anilines is 1. The van der Waals surface area contributed by atoms with Gasteiger partial charge < -0.3 is 25.7 Å². The Labute approximate surface area is 168 Å². The van der Waals surface area contributed by atoms with E-state index in [0.29, 0.717) is 28.1 Å². The maximum absolute atomic E-state index is 10.9. The first kappa shape index (κ1) is 19.2. The molecule has 0 fully saturated rings. The molecule has 156 valence electrons. The third-order valence-corrected chi connectivity index (χ3v) is 3.81. The van der Waals surface area contributed by atoms with Crippen LogP contribution in [0.4, 0.5) is 5.82 Å². The zero-order valence-electron chi connectivity index (χ0n) is 15.4. The van der Waals surface area contributed by atoms with E-state index in [1.54, 1.807) is 0 Å². The van der Waals surface area contributed by atoms with Crippen molar-refractivity contribution in [3.63, 3.8) is 0 Å². The summed E-state index contributed by atoms with van der Waals surface area (Å²) in [6.45, 7) is 0. The van der Waals surface area contributed by atoms with Crippen molar-refractivity contribution < 1.29 is 0 Å². The maximum Gasteiger partial charge on any atom is 0.327 e. The normalized spacial score (nSPS) is 10.5. The lowest BCUT2D eigenvalue weighted by Gasteiger charge is -1.89. The van der Waals surface area contributed by atoms with Crippen LogP contribution in [0.15, 0.2) is 46.0 Å². The van der Waals surface area contributed by atoms with E-state index in [4.69, 9.17) is 5.73 Å². The van der Waals surface area contributed by atoms with Gasteiger partial charge in [-0.3, -0.25) is 19.6 Å². The Morgan fingerprint density at radius 2 is 1.23 bits per heavy atom. The molecule has 16 nitrogen and oxygen atoms in total. The highest BCUT2D eigenvalue weighted by Crippen LogP contribution is 2.09. The number of nitrogens with two attached hydrogens (primary N) is 1. The molecule has 0 radical (unpaired) electrons. The Bertz CT molecular complexity index is 1630. The van der Waals surface area contributed by atoms with Crippen LogP contribution in [0.3, 0.4) is 0 Å². The molecule has 0 aliphatic rings. The van der Waals surface area contributed by atoms with Crippen molar-refractivity contribution in [2.45, 2.75) is 0 Å². The van der Waals surface area contributed by atoms with Gasteiger partial charge >= 0.3 is 5.69 Å². The molecule has 0 aromatic carbocycles. The van der Waals surface area contributed by atoms with Crippen LogP contribution in [0, 0.1) is 0 Å². The molecule has 0 atom stereocenters. The molecular formula is C15H13N13O3. The molecule has 0 saturated heterocycles. The van der Waals surface area contributed by atoms with Gasteiger partial charge in [-0.1, -0.05) is 0 Å². The minimum absolute atomic E-state index is 0.192. The second-order valence-electron chi connectivity index (χ2n) is 5.73. The van der Waals surface area contributed by atoms with Gasteiger partial charge in [-0.2, -0.15) is 0 Å². The topological polar surface area (TPSA) is 249 Å². The van der Waals surface area contributed by atoms with Gasteiger partial charge in [0, 0.05) is 0 Å². The number of aromatic nitrogens is 12. The van der Waals surface area contributed by atoms with Gasteiger partial charge in [-0.15, -0.1) is 0 Å². The van der Waals surface area contributed by atoms with Gasteiger partial charge in [0.1, 0.15) is 17.4 Å². The van der Waals surface area contributed by atoms with E-state index in [2.05, 4.69) is 59.8 Å². The number of hydrogen-bond acceptors (Lipinski definition) is 10. The predicted octanol–water partition coefficient (Wildman–Crippen LogP) is -1.48. The summed E-state index contributed by atoms with van der Waals surface area (Å²) >= 11 is 0. The summed E-state index contributed by atoms with van der Waals surface area (Å²) in [5.74, 6) is 0.433. The SMILES string of the molecule is Nc1ncnc2nc[nH]c12.O=c1[nH]c(=O)c2[nH]cnc2[nH]1.O=c1[nH]cnc2nc[nH]c12. The van der Waals surface area contributed by atoms with Crippen LogP contribution in [0.1, 0.15) is 0 Å². The van der Waals surface area contributed by atoms with E-state index in [0.717, 1.165) is 0 Å². The summed E-state index contributed by atoms with van der Waals surface area (Å²) in [6.07, 6.45) is 7.03. The average molecular weight is 423 g/mol. The van der Waals surface area contributed by atoms with E-state index in [-0.39, 0.29) is 16.7 Å². The van der Waals surface area contributed by atoms with E-state index < -0.39 is 11.2 Å². The number of aromatic amines is 6. The number of rotatable bonds is 0. The number of nitrogens with zero attached hydrogens (tertiary/aromatic N) is 6.